The Hall–Kier alpha value is -0.200. The van der Waals surface area contributed by atoms with E-state index in [0.717, 1.165) is 0 Å². The fraction of sp³-hybridized carbons (Fsp3) is 1.00. The largest absolute Gasteiger partial charge is 0.375 e. The second kappa shape index (κ2) is 3.46. The molecular formula is C6H17N3O2. The van der Waals surface area contributed by atoms with Gasteiger partial charge in [-0.25, -0.2) is 0 Å². The van der Waals surface area contributed by atoms with Crippen LogP contribution in [0.4, 0.5) is 0 Å². The molecule has 11 heavy (non-hydrogen) atoms. The van der Waals surface area contributed by atoms with Crippen molar-refractivity contribution < 1.29 is 10.2 Å². The van der Waals surface area contributed by atoms with E-state index in [4.69, 9.17) is 16.6 Å². The van der Waals surface area contributed by atoms with Crippen molar-refractivity contribution in [2.24, 2.45) is 11.5 Å². The van der Waals surface area contributed by atoms with E-state index in [1.54, 1.807) is 0 Å². The van der Waals surface area contributed by atoms with Crippen LogP contribution in [0.3, 0.4) is 0 Å². The number of nitrogens with one attached hydrogen (secondary N) is 1. The Morgan fingerprint density at radius 3 is 2.09 bits per heavy atom. The molecule has 0 aromatic rings. The summed E-state index contributed by atoms with van der Waals surface area (Å²) in [6, 6.07) is 0. The van der Waals surface area contributed by atoms with Crippen molar-refractivity contribution in [1.29, 1.82) is 0 Å². The smallest absolute Gasteiger partial charge is 0.125 e. The first-order valence-electron chi connectivity index (χ1n) is 3.45. The summed E-state index contributed by atoms with van der Waals surface area (Å²) in [5.41, 5.74) is 7.96. The third kappa shape index (κ3) is 6.21. The van der Waals surface area contributed by atoms with Crippen LogP contribution in [0.25, 0.3) is 0 Å². The van der Waals surface area contributed by atoms with Gasteiger partial charge in [-0.15, -0.1) is 0 Å². The predicted octanol–water partition coefficient (Wildman–Crippen LogP) is -2.09. The molecule has 0 aliphatic carbocycles. The highest BCUT2D eigenvalue weighted by atomic mass is 16.3. The Labute approximate surface area is 66.4 Å². The van der Waals surface area contributed by atoms with Crippen LogP contribution in [0.15, 0.2) is 0 Å². The average Bonchev–Trinajstić information content (AvgIpc) is 1.83. The summed E-state index contributed by atoms with van der Waals surface area (Å²) >= 11 is 0. The van der Waals surface area contributed by atoms with Gasteiger partial charge in [-0.1, -0.05) is 0 Å². The lowest BCUT2D eigenvalue weighted by Crippen LogP contribution is -2.56. The van der Waals surface area contributed by atoms with Crippen LogP contribution in [-0.2, 0) is 0 Å². The molecule has 0 bridgehead atoms. The number of nitrogens with two attached hydrogens (primary N) is 2. The van der Waals surface area contributed by atoms with Gasteiger partial charge in [0.25, 0.3) is 0 Å². The molecule has 2 atom stereocenters. The standard InChI is InChI=1S/C6H17N3O2/c1-5(8,10)4-9-6(2,11)3-7/h9-11H,3-4,7-8H2,1-2H3. The quantitative estimate of drug-likeness (QED) is 0.306. The number of rotatable bonds is 4. The highest BCUT2D eigenvalue weighted by Gasteiger charge is 2.21. The lowest BCUT2D eigenvalue weighted by molar-refractivity contribution is -0.00575. The first-order valence-corrected chi connectivity index (χ1v) is 3.45. The Morgan fingerprint density at radius 1 is 1.36 bits per heavy atom. The SMILES string of the molecule is CC(N)(O)CNC(C)(O)CN. The normalized spacial score (nSPS) is 22.4. The van der Waals surface area contributed by atoms with Crippen molar-refractivity contribution in [2.75, 3.05) is 13.1 Å². The second-order valence-electron chi connectivity index (χ2n) is 3.19. The summed E-state index contributed by atoms with van der Waals surface area (Å²) in [5, 5.41) is 20.9. The Morgan fingerprint density at radius 2 is 1.82 bits per heavy atom. The molecule has 0 saturated carbocycles. The highest BCUT2D eigenvalue weighted by molar-refractivity contribution is 4.75. The molecule has 2 unspecified atom stereocenters. The minimum Gasteiger partial charge on any atom is -0.375 e. The van der Waals surface area contributed by atoms with Gasteiger partial charge in [-0.3, -0.25) is 5.32 Å². The first-order chi connectivity index (χ1) is 4.77. The summed E-state index contributed by atoms with van der Waals surface area (Å²) in [7, 11) is 0. The molecular weight excluding hydrogens is 146 g/mol. The first kappa shape index (κ1) is 10.8. The lowest BCUT2D eigenvalue weighted by atomic mass is 10.2. The highest BCUT2D eigenvalue weighted by Crippen LogP contribution is 1.96. The van der Waals surface area contributed by atoms with E-state index in [1.807, 2.05) is 0 Å². The van der Waals surface area contributed by atoms with Gasteiger partial charge in [-0.05, 0) is 13.8 Å². The van der Waals surface area contributed by atoms with Crippen LogP contribution in [0.1, 0.15) is 13.8 Å². The molecule has 0 radical (unpaired) electrons. The summed E-state index contributed by atoms with van der Waals surface area (Å²) < 4.78 is 0. The molecule has 0 aromatic heterocycles. The summed E-state index contributed by atoms with van der Waals surface area (Å²) in [5.74, 6) is 0. The third-order valence-electron chi connectivity index (χ3n) is 1.22. The zero-order valence-electron chi connectivity index (χ0n) is 6.96. The van der Waals surface area contributed by atoms with Crippen LogP contribution in [-0.4, -0.2) is 34.8 Å². The molecule has 0 saturated heterocycles. The minimum absolute atomic E-state index is 0.0725. The zero-order chi connectivity index (χ0) is 9.12. The van der Waals surface area contributed by atoms with Gasteiger partial charge in [0, 0.05) is 13.1 Å². The van der Waals surface area contributed by atoms with Crippen LogP contribution < -0.4 is 16.8 Å². The predicted molar refractivity (Wildman–Crippen MR) is 42.5 cm³/mol. The molecule has 68 valence electrons. The maximum atomic E-state index is 9.28. The number of hydrogen-bond donors (Lipinski definition) is 5. The molecule has 0 amide bonds. The Kier molecular flexibility index (Phi) is 3.40. The van der Waals surface area contributed by atoms with Crippen LogP contribution >= 0.6 is 0 Å². The fourth-order valence-corrected chi connectivity index (χ4v) is 0.442. The van der Waals surface area contributed by atoms with Gasteiger partial charge in [-0.2, -0.15) is 0 Å². The lowest BCUT2D eigenvalue weighted by Gasteiger charge is -2.27. The van der Waals surface area contributed by atoms with Gasteiger partial charge in [0.05, 0.1) is 0 Å². The Balaban J connectivity index is 3.70. The van der Waals surface area contributed by atoms with Gasteiger partial charge in [0.2, 0.25) is 0 Å². The van der Waals surface area contributed by atoms with Crippen molar-refractivity contribution in [2.45, 2.75) is 25.3 Å². The van der Waals surface area contributed by atoms with E-state index in [9.17, 15) is 5.11 Å². The molecule has 7 N–H and O–H groups in total. The van der Waals surface area contributed by atoms with Gasteiger partial charge < -0.3 is 21.7 Å². The number of aliphatic hydroxyl groups is 2. The maximum Gasteiger partial charge on any atom is 0.125 e. The van der Waals surface area contributed by atoms with Gasteiger partial charge in [0.1, 0.15) is 11.4 Å². The number of hydrogen-bond acceptors (Lipinski definition) is 5. The molecule has 5 heteroatoms. The summed E-state index contributed by atoms with van der Waals surface area (Å²) in [6.45, 7) is 3.12. The summed E-state index contributed by atoms with van der Waals surface area (Å²) in [4.78, 5) is 0. The monoisotopic (exact) mass is 163 g/mol. The van der Waals surface area contributed by atoms with E-state index < -0.39 is 11.4 Å². The van der Waals surface area contributed by atoms with Crippen molar-refractivity contribution in [1.82, 2.24) is 5.32 Å². The molecule has 0 heterocycles. The van der Waals surface area contributed by atoms with E-state index in [2.05, 4.69) is 5.32 Å². The molecule has 0 fully saturated rings. The van der Waals surface area contributed by atoms with Crippen molar-refractivity contribution in [3.63, 3.8) is 0 Å². The average molecular weight is 163 g/mol. The van der Waals surface area contributed by atoms with E-state index in [0.29, 0.717) is 0 Å². The zero-order valence-corrected chi connectivity index (χ0v) is 6.96. The summed E-state index contributed by atoms with van der Waals surface area (Å²) in [6.07, 6.45) is 0. The van der Waals surface area contributed by atoms with E-state index in [1.165, 1.54) is 13.8 Å². The van der Waals surface area contributed by atoms with Crippen molar-refractivity contribution in [3.05, 3.63) is 0 Å². The van der Waals surface area contributed by atoms with E-state index >= 15 is 0 Å². The molecule has 5 nitrogen and oxygen atoms in total. The molecule has 0 rings (SSSR count). The third-order valence-corrected chi connectivity index (χ3v) is 1.22. The second-order valence-corrected chi connectivity index (χ2v) is 3.19. The minimum atomic E-state index is -1.32. The molecule has 0 aromatic carbocycles. The maximum absolute atomic E-state index is 9.28. The van der Waals surface area contributed by atoms with E-state index in [-0.39, 0.29) is 13.1 Å². The van der Waals surface area contributed by atoms with Crippen LogP contribution in [0.5, 0.6) is 0 Å². The van der Waals surface area contributed by atoms with Crippen molar-refractivity contribution >= 4 is 0 Å². The molecule has 0 aliphatic heterocycles. The molecule has 0 aliphatic rings. The van der Waals surface area contributed by atoms with Crippen LogP contribution in [0.2, 0.25) is 0 Å². The van der Waals surface area contributed by atoms with Gasteiger partial charge >= 0.3 is 0 Å². The van der Waals surface area contributed by atoms with Crippen LogP contribution in [0, 0.1) is 0 Å². The van der Waals surface area contributed by atoms with Crippen molar-refractivity contribution in [3.8, 4) is 0 Å². The topological polar surface area (TPSA) is 105 Å². The Bertz CT molecular complexity index is 119. The fourth-order valence-electron chi connectivity index (χ4n) is 0.442. The van der Waals surface area contributed by atoms with Gasteiger partial charge in [0.15, 0.2) is 0 Å². The molecule has 0 spiro atoms.